The number of aryl methyl sites for hydroxylation is 1. The highest BCUT2D eigenvalue weighted by Gasteiger charge is 2.09. The fourth-order valence-electron chi connectivity index (χ4n) is 1.90. The lowest BCUT2D eigenvalue weighted by Crippen LogP contribution is -2.04. The summed E-state index contributed by atoms with van der Waals surface area (Å²) in [5.41, 5.74) is 8.28. The third kappa shape index (κ3) is 3.31. The lowest BCUT2D eigenvalue weighted by atomic mass is 10.1. The lowest BCUT2D eigenvalue weighted by molar-refractivity contribution is 0.0697. The van der Waals surface area contributed by atoms with Crippen LogP contribution in [-0.4, -0.2) is 11.1 Å². The van der Waals surface area contributed by atoms with Crippen LogP contribution in [0.5, 0.6) is 5.75 Å². The monoisotopic (exact) mass is 282 g/mol. The molecule has 0 radical (unpaired) electrons. The Kier molecular flexibility index (Phi) is 4.10. The maximum atomic E-state index is 11.0. The number of nitrogens with two attached hydrogens (primary N) is 1. The third-order valence-corrected chi connectivity index (χ3v) is 3.12. The van der Waals surface area contributed by atoms with Gasteiger partial charge in [-0.3, -0.25) is 0 Å². The summed E-state index contributed by atoms with van der Waals surface area (Å²) in [6, 6.07) is 11.9. The second-order valence-electron chi connectivity index (χ2n) is 4.60. The first-order valence-electron chi connectivity index (χ1n) is 6.26. The highest BCUT2D eigenvalue weighted by Crippen LogP contribution is 2.21. The molecule has 0 aromatic heterocycles. The fourth-order valence-corrected chi connectivity index (χ4v) is 1.90. The van der Waals surface area contributed by atoms with Crippen LogP contribution in [0.25, 0.3) is 0 Å². The van der Waals surface area contributed by atoms with E-state index in [1.165, 1.54) is 12.1 Å². The highest BCUT2D eigenvalue weighted by molar-refractivity contribution is 5.94. The molecule has 5 nitrogen and oxygen atoms in total. The zero-order valence-corrected chi connectivity index (χ0v) is 11.5. The van der Waals surface area contributed by atoms with Gasteiger partial charge in [-0.2, -0.15) is 5.26 Å². The van der Waals surface area contributed by atoms with E-state index in [0.717, 1.165) is 11.1 Å². The summed E-state index contributed by atoms with van der Waals surface area (Å²) in [6.45, 7) is 2.19. The van der Waals surface area contributed by atoms with Gasteiger partial charge in [-0.05, 0) is 48.4 Å². The molecule has 0 unspecified atom stereocenters. The molecule has 0 amide bonds. The summed E-state index contributed by atoms with van der Waals surface area (Å²) in [5.74, 6) is -0.655. The second kappa shape index (κ2) is 5.97. The van der Waals surface area contributed by atoms with Gasteiger partial charge in [0.05, 0.1) is 17.2 Å². The molecule has 5 heteroatoms. The molecule has 0 saturated carbocycles. The Morgan fingerprint density at radius 2 is 2.10 bits per heavy atom. The minimum absolute atomic E-state index is 0.0176. The Morgan fingerprint density at radius 1 is 1.33 bits per heavy atom. The van der Waals surface area contributed by atoms with Crippen molar-refractivity contribution in [3.8, 4) is 11.8 Å². The molecule has 2 aromatic rings. The first-order valence-corrected chi connectivity index (χ1v) is 6.26. The van der Waals surface area contributed by atoms with Gasteiger partial charge in [0.1, 0.15) is 12.4 Å². The van der Waals surface area contributed by atoms with Gasteiger partial charge in [0, 0.05) is 5.69 Å². The van der Waals surface area contributed by atoms with Gasteiger partial charge >= 0.3 is 5.97 Å². The van der Waals surface area contributed by atoms with Gasteiger partial charge in [0.2, 0.25) is 0 Å². The van der Waals surface area contributed by atoms with Crippen LogP contribution in [0.1, 0.15) is 27.0 Å². The summed E-state index contributed by atoms with van der Waals surface area (Å²) in [7, 11) is 0. The van der Waals surface area contributed by atoms with Gasteiger partial charge in [-0.25, -0.2) is 4.79 Å². The number of aromatic carboxylic acids is 1. The van der Waals surface area contributed by atoms with Gasteiger partial charge in [-0.1, -0.05) is 6.07 Å². The van der Waals surface area contributed by atoms with E-state index in [-0.39, 0.29) is 11.3 Å². The topological polar surface area (TPSA) is 96.3 Å². The van der Waals surface area contributed by atoms with Crippen molar-refractivity contribution in [2.75, 3.05) is 5.73 Å². The van der Waals surface area contributed by atoms with E-state index >= 15 is 0 Å². The van der Waals surface area contributed by atoms with Crippen molar-refractivity contribution in [1.29, 1.82) is 5.26 Å². The molecule has 2 aromatic carbocycles. The normalized spacial score (nSPS) is 9.90. The number of rotatable bonds is 4. The Morgan fingerprint density at radius 3 is 2.71 bits per heavy atom. The molecule has 0 aliphatic heterocycles. The Hall–Kier alpha value is -3.00. The van der Waals surface area contributed by atoms with Crippen molar-refractivity contribution in [1.82, 2.24) is 0 Å². The number of carbonyl (C=O) groups is 1. The van der Waals surface area contributed by atoms with E-state index in [9.17, 15) is 4.79 Å². The Balaban J connectivity index is 2.15. The third-order valence-electron chi connectivity index (χ3n) is 3.12. The molecule has 21 heavy (non-hydrogen) atoms. The second-order valence-corrected chi connectivity index (χ2v) is 4.60. The Labute approximate surface area is 122 Å². The summed E-state index contributed by atoms with van der Waals surface area (Å²) in [6.07, 6.45) is 0. The minimum atomic E-state index is -1.09. The first kappa shape index (κ1) is 14.4. The summed E-state index contributed by atoms with van der Waals surface area (Å²) in [5, 5.41) is 17.8. The van der Waals surface area contributed by atoms with Crippen LogP contribution < -0.4 is 10.5 Å². The SMILES string of the molecule is Cc1cc(C#N)ccc1COc1ccc(N)c(C(=O)O)c1. The van der Waals surface area contributed by atoms with Crippen molar-refractivity contribution < 1.29 is 14.6 Å². The highest BCUT2D eigenvalue weighted by atomic mass is 16.5. The van der Waals surface area contributed by atoms with Crippen LogP contribution in [0.3, 0.4) is 0 Å². The van der Waals surface area contributed by atoms with Crippen LogP contribution in [0, 0.1) is 18.3 Å². The molecule has 0 aliphatic carbocycles. The maximum Gasteiger partial charge on any atom is 0.337 e. The zero-order valence-electron chi connectivity index (χ0n) is 11.5. The summed E-state index contributed by atoms with van der Waals surface area (Å²) < 4.78 is 5.59. The van der Waals surface area contributed by atoms with Crippen LogP contribution in [-0.2, 0) is 6.61 Å². The molecule has 2 rings (SSSR count). The number of hydrogen-bond donors (Lipinski definition) is 2. The van der Waals surface area contributed by atoms with Crippen molar-refractivity contribution in [3.05, 3.63) is 58.7 Å². The molecule has 0 atom stereocenters. The molecule has 0 fully saturated rings. The van der Waals surface area contributed by atoms with E-state index in [0.29, 0.717) is 17.9 Å². The number of ether oxygens (including phenoxy) is 1. The standard InChI is InChI=1S/C16H14N2O3/c1-10-6-11(8-17)2-3-12(10)9-21-13-4-5-15(18)14(7-13)16(19)20/h2-7H,9,18H2,1H3,(H,19,20). The van der Waals surface area contributed by atoms with Crippen LogP contribution in [0.4, 0.5) is 5.69 Å². The number of nitrogens with zero attached hydrogens (tertiary/aromatic N) is 1. The smallest absolute Gasteiger partial charge is 0.337 e. The predicted molar refractivity (Wildman–Crippen MR) is 78.0 cm³/mol. The predicted octanol–water partition coefficient (Wildman–Crippen LogP) is 2.73. The quantitative estimate of drug-likeness (QED) is 0.840. The average molecular weight is 282 g/mol. The van der Waals surface area contributed by atoms with Crippen molar-refractivity contribution in [2.24, 2.45) is 0 Å². The summed E-state index contributed by atoms with van der Waals surface area (Å²) >= 11 is 0. The van der Waals surface area contributed by atoms with E-state index < -0.39 is 5.97 Å². The molecular weight excluding hydrogens is 268 g/mol. The number of benzene rings is 2. The zero-order chi connectivity index (χ0) is 15.4. The van der Waals surface area contributed by atoms with E-state index in [1.54, 1.807) is 18.2 Å². The molecule has 3 N–H and O–H groups in total. The van der Waals surface area contributed by atoms with Crippen LogP contribution in [0.15, 0.2) is 36.4 Å². The van der Waals surface area contributed by atoms with E-state index in [2.05, 4.69) is 6.07 Å². The van der Waals surface area contributed by atoms with Crippen LogP contribution in [0.2, 0.25) is 0 Å². The maximum absolute atomic E-state index is 11.0. The molecule has 0 heterocycles. The lowest BCUT2D eigenvalue weighted by Gasteiger charge is -2.10. The first-order chi connectivity index (χ1) is 10.0. The van der Waals surface area contributed by atoms with Gasteiger partial charge in [0.15, 0.2) is 0 Å². The van der Waals surface area contributed by atoms with Crippen molar-refractivity contribution in [3.63, 3.8) is 0 Å². The molecule has 106 valence electrons. The van der Waals surface area contributed by atoms with Gasteiger partial charge in [0.25, 0.3) is 0 Å². The molecule has 0 saturated heterocycles. The van der Waals surface area contributed by atoms with E-state index in [4.69, 9.17) is 20.8 Å². The molecule has 0 aliphatic rings. The number of carboxylic acids is 1. The number of nitriles is 1. The Bertz CT molecular complexity index is 733. The number of hydrogen-bond acceptors (Lipinski definition) is 4. The van der Waals surface area contributed by atoms with Gasteiger partial charge in [-0.15, -0.1) is 0 Å². The van der Waals surface area contributed by atoms with Crippen LogP contribution >= 0.6 is 0 Å². The van der Waals surface area contributed by atoms with E-state index in [1.807, 2.05) is 13.0 Å². The summed E-state index contributed by atoms with van der Waals surface area (Å²) in [4.78, 5) is 11.0. The van der Waals surface area contributed by atoms with Gasteiger partial charge < -0.3 is 15.6 Å². The van der Waals surface area contributed by atoms with Crippen molar-refractivity contribution >= 4 is 11.7 Å². The number of carboxylic acid groups (broad SMARTS) is 1. The molecular formula is C16H14N2O3. The number of anilines is 1. The molecule has 0 bridgehead atoms. The largest absolute Gasteiger partial charge is 0.489 e. The van der Waals surface area contributed by atoms with Crippen molar-refractivity contribution in [2.45, 2.75) is 13.5 Å². The minimum Gasteiger partial charge on any atom is -0.489 e. The molecule has 0 spiro atoms. The average Bonchev–Trinajstić information content (AvgIpc) is 2.47. The number of nitrogen functional groups attached to an aromatic ring is 1. The fraction of sp³-hybridized carbons (Fsp3) is 0.125.